The molecule has 2 heteroatoms. The summed E-state index contributed by atoms with van der Waals surface area (Å²) >= 11 is 0. The zero-order chi connectivity index (χ0) is 4.28. The van der Waals surface area contributed by atoms with Gasteiger partial charge >= 0.3 is 0 Å². The van der Waals surface area contributed by atoms with Crippen LogP contribution in [0.5, 0.6) is 0 Å². The van der Waals surface area contributed by atoms with Crippen molar-refractivity contribution >= 4 is 7.85 Å². The Morgan fingerprint density at radius 3 is 1.80 bits per heavy atom. The van der Waals surface area contributed by atoms with Crippen LogP contribution < -0.4 is 0 Å². The van der Waals surface area contributed by atoms with Crippen LogP contribution in [0.1, 0.15) is 0 Å². The molecule has 5 heavy (non-hydrogen) atoms. The van der Waals surface area contributed by atoms with Crippen molar-refractivity contribution in [1.82, 2.24) is 4.90 Å². The molecule has 0 aliphatic heterocycles. The van der Waals surface area contributed by atoms with Crippen molar-refractivity contribution in [2.24, 2.45) is 0 Å². The smallest absolute Gasteiger partial charge is 0.119 e. The van der Waals surface area contributed by atoms with Crippen molar-refractivity contribution in [1.29, 1.82) is 0 Å². The summed E-state index contributed by atoms with van der Waals surface area (Å²) in [6.07, 6.45) is 1.14. The maximum Gasteiger partial charge on any atom is 0.119 e. The van der Waals surface area contributed by atoms with Gasteiger partial charge in [-0.1, -0.05) is 0 Å². The SMILES string of the molecule is BCN(C)C. The lowest BCUT2D eigenvalue weighted by Crippen LogP contribution is -2.11. The van der Waals surface area contributed by atoms with E-state index in [0.29, 0.717) is 0 Å². The molecular formula is C3H10BN. The Hall–Kier alpha value is 0.0249. The molecule has 0 amide bonds. The van der Waals surface area contributed by atoms with Gasteiger partial charge in [-0.25, -0.2) is 0 Å². The van der Waals surface area contributed by atoms with Gasteiger partial charge in [0.1, 0.15) is 7.85 Å². The van der Waals surface area contributed by atoms with E-state index in [1.54, 1.807) is 0 Å². The zero-order valence-corrected chi connectivity index (χ0v) is 4.15. The number of nitrogens with zero attached hydrogens (tertiary/aromatic N) is 1. The Kier molecular flexibility index (Phi) is 2.28. The van der Waals surface area contributed by atoms with Crippen molar-refractivity contribution < 1.29 is 0 Å². The van der Waals surface area contributed by atoms with Gasteiger partial charge in [0.2, 0.25) is 0 Å². The fraction of sp³-hybridized carbons (Fsp3) is 1.00. The summed E-state index contributed by atoms with van der Waals surface area (Å²) in [5, 5.41) is 0. The van der Waals surface area contributed by atoms with Crippen LogP contribution in [-0.2, 0) is 0 Å². The van der Waals surface area contributed by atoms with E-state index in [4.69, 9.17) is 0 Å². The first kappa shape index (κ1) is 5.02. The van der Waals surface area contributed by atoms with Crippen LogP contribution in [0.2, 0.25) is 0 Å². The van der Waals surface area contributed by atoms with Crippen LogP contribution in [0.25, 0.3) is 0 Å². The third-order valence-corrected chi connectivity index (χ3v) is 0.632. The molecule has 0 aliphatic carbocycles. The predicted molar refractivity (Wildman–Crippen MR) is 27.1 cm³/mol. The summed E-state index contributed by atoms with van der Waals surface area (Å²) in [7, 11) is 6.24. The molecule has 0 heterocycles. The van der Waals surface area contributed by atoms with Crippen molar-refractivity contribution in [3.63, 3.8) is 0 Å². The van der Waals surface area contributed by atoms with Gasteiger partial charge in [0.15, 0.2) is 0 Å². The molecule has 0 rings (SSSR count). The van der Waals surface area contributed by atoms with Gasteiger partial charge in [-0.2, -0.15) is 0 Å². The first-order chi connectivity index (χ1) is 2.27. The van der Waals surface area contributed by atoms with Gasteiger partial charge < -0.3 is 4.90 Å². The van der Waals surface area contributed by atoms with E-state index in [2.05, 4.69) is 26.8 Å². The standard InChI is InChI=1S/C3H10BN/c1-5(2)3-4/h3-4H2,1-2H3. The van der Waals surface area contributed by atoms with Crippen LogP contribution in [0.4, 0.5) is 0 Å². The summed E-state index contributed by atoms with van der Waals surface area (Å²) < 4.78 is 0. The highest BCUT2D eigenvalue weighted by atomic mass is 15.0. The number of rotatable bonds is 1. The van der Waals surface area contributed by atoms with Crippen LogP contribution in [0.15, 0.2) is 0 Å². The molecule has 0 aromatic rings. The fourth-order valence-corrected chi connectivity index (χ4v) is 0. The fourth-order valence-electron chi connectivity index (χ4n) is 0. The Morgan fingerprint density at radius 1 is 1.60 bits per heavy atom. The molecule has 0 saturated carbocycles. The van der Waals surface area contributed by atoms with E-state index in [9.17, 15) is 0 Å². The third kappa shape index (κ3) is 4.02. The maximum absolute atomic E-state index is 2.12. The molecule has 1 nitrogen and oxygen atoms in total. The first-order valence-corrected chi connectivity index (χ1v) is 1.92. The second-order valence-corrected chi connectivity index (χ2v) is 1.40. The molecule has 0 saturated heterocycles. The molecule has 0 fully saturated rings. The first-order valence-electron chi connectivity index (χ1n) is 1.92. The van der Waals surface area contributed by atoms with Crippen LogP contribution in [-0.4, -0.2) is 33.3 Å². The molecular weight excluding hydrogens is 60.9 g/mol. The molecule has 0 aromatic heterocycles. The molecule has 0 aliphatic rings. The van der Waals surface area contributed by atoms with Gasteiger partial charge in [-0.05, 0) is 20.5 Å². The van der Waals surface area contributed by atoms with Gasteiger partial charge in [0.25, 0.3) is 0 Å². The average molecular weight is 70.9 g/mol. The highest BCUT2D eigenvalue weighted by molar-refractivity contribution is 6.08. The molecule has 0 spiro atoms. The van der Waals surface area contributed by atoms with E-state index < -0.39 is 0 Å². The van der Waals surface area contributed by atoms with Crippen molar-refractivity contribution in [2.45, 2.75) is 0 Å². The topological polar surface area (TPSA) is 3.24 Å². The Labute approximate surface area is 34.4 Å². The Morgan fingerprint density at radius 2 is 1.80 bits per heavy atom. The van der Waals surface area contributed by atoms with Gasteiger partial charge in [0, 0.05) is 0 Å². The molecule has 0 radical (unpaired) electrons. The minimum Gasteiger partial charge on any atom is -0.317 e. The summed E-state index contributed by atoms with van der Waals surface area (Å²) in [6.45, 7) is 0. The molecule has 0 atom stereocenters. The van der Waals surface area contributed by atoms with Gasteiger partial charge in [-0.15, -0.1) is 0 Å². The minimum absolute atomic E-state index is 1.14. The van der Waals surface area contributed by atoms with E-state index >= 15 is 0 Å². The zero-order valence-electron chi connectivity index (χ0n) is 4.15. The summed E-state index contributed by atoms with van der Waals surface area (Å²) in [5.74, 6) is 0. The lowest BCUT2D eigenvalue weighted by Gasteiger charge is -2.00. The summed E-state index contributed by atoms with van der Waals surface area (Å²) in [6, 6.07) is 0. The largest absolute Gasteiger partial charge is 0.317 e. The maximum atomic E-state index is 2.12. The quantitative estimate of drug-likeness (QED) is 0.363. The van der Waals surface area contributed by atoms with E-state index in [-0.39, 0.29) is 0 Å². The molecule has 30 valence electrons. The predicted octanol–water partition coefficient (Wildman–Crippen LogP) is -0.861. The monoisotopic (exact) mass is 71.1 g/mol. The summed E-state index contributed by atoms with van der Waals surface area (Å²) in [4.78, 5) is 2.12. The average Bonchev–Trinajstić information content (AvgIpc) is 1.38. The Balaban J connectivity index is 2.54. The molecule has 0 unspecified atom stereocenters. The second-order valence-electron chi connectivity index (χ2n) is 1.40. The summed E-state index contributed by atoms with van der Waals surface area (Å²) in [5.41, 5.74) is 0. The third-order valence-electron chi connectivity index (χ3n) is 0.632. The normalized spacial score (nSPS) is 9.40. The molecule has 0 bridgehead atoms. The van der Waals surface area contributed by atoms with Crippen LogP contribution in [0.3, 0.4) is 0 Å². The van der Waals surface area contributed by atoms with Gasteiger partial charge in [-0.3, -0.25) is 0 Å². The molecule has 0 aromatic carbocycles. The van der Waals surface area contributed by atoms with E-state index in [1.807, 2.05) is 0 Å². The van der Waals surface area contributed by atoms with Gasteiger partial charge in [0.05, 0.1) is 0 Å². The van der Waals surface area contributed by atoms with Crippen molar-refractivity contribution in [2.75, 3.05) is 20.5 Å². The van der Waals surface area contributed by atoms with Crippen LogP contribution >= 0.6 is 0 Å². The van der Waals surface area contributed by atoms with Crippen molar-refractivity contribution in [3.8, 4) is 0 Å². The van der Waals surface area contributed by atoms with E-state index in [0.717, 1.165) is 6.44 Å². The van der Waals surface area contributed by atoms with Crippen LogP contribution in [0, 0.1) is 0 Å². The molecule has 0 N–H and O–H groups in total. The van der Waals surface area contributed by atoms with Crippen molar-refractivity contribution in [3.05, 3.63) is 0 Å². The lowest BCUT2D eigenvalue weighted by molar-refractivity contribution is 0.480. The Bertz CT molecular complexity index is 20.9. The number of hydrogen-bond acceptors (Lipinski definition) is 1. The second kappa shape index (κ2) is 2.27. The minimum atomic E-state index is 1.14. The lowest BCUT2D eigenvalue weighted by atomic mass is 10.1. The highest BCUT2D eigenvalue weighted by Crippen LogP contribution is 1.58. The number of hydrogen-bond donors (Lipinski definition) is 0. The highest BCUT2D eigenvalue weighted by Gasteiger charge is 1.72. The van der Waals surface area contributed by atoms with E-state index in [1.165, 1.54) is 0 Å².